The van der Waals surface area contributed by atoms with E-state index in [1.807, 2.05) is 6.92 Å². The molecule has 0 fully saturated rings. The highest BCUT2D eigenvalue weighted by Gasteiger charge is 2.06. The van der Waals surface area contributed by atoms with Crippen molar-refractivity contribution in [3.8, 4) is 0 Å². The summed E-state index contributed by atoms with van der Waals surface area (Å²) in [5.41, 5.74) is 0.894. The topological polar surface area (TPSA) is 37.8 Å². The summed E-state index contributed by atoms with van der Waals surface area (Å²) >= 11 is 0. The molecule has 0 radical (unpaired) electrons. The molecule has 0 saturated carbocycles. The van der Waals surface area contributed by atoms with Gasteiger partial charge in [-0.2, -0.15) is 4.39 Å². The van der Waals surface area contributed by atoms with Crippen molar-refractivity contribution in [1.29, 1.82) is 0 Å². The normalized spacial score (nSPS) is 12.2. The van der Waals surface area contributed by atoms with Crippen molar-refractivity contribution < 1.29 is 8.78 Å². The van der Waals surface area contributed by atoms with E-state index in [1.165, 1.54) is 18.2 Å². The number of halogens is 2. The fourth-order valence-corrected chi connectivity index (χ4v) is 1.47. The van der Waals surface area contributed by atoms with Crippen LogP contribution >= 0.6 is 0 Å². The first kappa shape index (κ1) is 11.4. The zero-order chi connectivity index (χ0) is 12.3. The number of nitrogens with one attached hydrogen (secondary N) is 1. The lowest BCUT2D eigenvalue weighted by molar-refractivity contribution is 0.579. The summed E-state index contributed by atoms with van der Waals surface area (Å²) < 4.78 is 25.6. The molecule has 0 amide bonds. The molecule has 88 valence electrons. The number of hydrogen-bond acceptors (Lipinski definition) is 3. The third-order valence-corrected chi connectivity index (χ3v) is 2.37. The van der Waals surface area contributed by atoms with Gasteiger partial charge >= 0.3 is 0 Å². The number of benzene rings is 1. The number of hydrogen-bond donors (Lipinski definition) is 1. The fourth-order valence-electron chi connectivity index (χ4n) is 1.47. The van der Waals surface area contributed by atoms with E-state index in [4.69, 9.17) is 0 Å². The van der Waals surface area contributed by atoms with Crippen LogP contribution in [0.1, 0.15) is 18.5 Å². The molecule has 1 unspecified atom stereocenters. The molecule has 3 nitrogen and oxygen atoms in total. The van der Waals surface area contributed by atoms with E-state index in [-0.39, 0.29) is 11.9 Å². The number of anilines is 1. The average molecular weight is 235 g/mol. The first-order valence-corrected chi connectivity index (χ1v) is 5.14. The predicted octanol–water partition coefficient (Wildman–Crippen LogP) is 2.93. The SMILES string of the molecule is CC(Nc1cc(F)ncn1)c1ccc(F)cc1. The van der Waals surface area contributed by atoms with Crippen LogP contribution in [0.3, 0.4) is 0 Å². The summed E-state index contributed by atoms with van der Waals surface area (Å²) in [6.45, 7) is 1.88. The van der Waals surface area contributed by atoms with Crippen LogP contribution in [-0.4, -0.2) is 9.97 Å². The first-order valence-electron chi connectivity index (χ1n) is 5.14. The van der Waals surface area contributed by atoms with E-state index >= 15 is 0 Å². The van der Waals surface area contributed by atoms with Crippen molar-refractivity contribution in [3.05, 3.63) is 54.0 Å². The molecule has 0 spiro atoms. The lowest BCUT2D eigenvalue weighted by Crippen LogP contribution is -2.08. The van der Waals surface area contributed by atoms with E-state index in [1.54, 1.807) is 12.1 Å². The largest absolute Gasteiger partial charge is 0.363 e. The van der Waals surface area contributed by atoms with Gasteiger partial charge in [0.25, 0.3) is 0 Å². The van der Waals surface area contributed by atoms with Gasteiger partial charge in [-0.15, -0.1) is 0 Å². The van der Waals surface area contributed by atoms with Gasteiger partial charge in [0, 0.05) is 12.1 Å². The van der Waals surface area contributed by atoms with E-state index in [0.29, 0.717) is 5.82 Å². The summed E-state index contributed by atoms with van der Waals surface area (Å²) in [5.74, 6) is -0.475. The second kappa shape index (κ2) is 4.86. The molecule has 17 heavy (non-hydrogen) atoms. The summed E-state index contributed by atoms with van der Waals surface area (Å²) in [7, 11) is 0. The Hall–Kier alpha value is -2.04. The highest BCUT2D eigenvalue weighted by Crippen LogP contribution is 2.17. The minimum absolute atomic E-state index is 0.0927. The highest BCUT2D eigenvalue weighted by atomic mass is 19.1. The second-order valence-electron chi connectivity index (χ2n) is 3.64. The van der Waals surface area contributed by atoms with Gasteiger partial charge in [0.05, 0.1) is 0 Å². The molecule has 1 heterocycles. The molecule has 0 bridgehead atoms. The Morgan fingerprint density at radius 2 is 1.82 bits per heavy atom. The molecule has 1 aromatic heterocycles. The maximum Gasteiger partial charge on any atom is 0.217 e. The van der Waals surface area contributed by atoms with Crippen molar-refractivity contribution in [2.45, 2.75) is 13.0 Å². The molecule has 1 N–H and O–H groups in total. The van der Waals surface area contributed by atoms with E-state index < -0.39 is 5.95 Å². The van der Waals surface area contributed by atoms with Crippen LogP contribution in [0.2, 0.25) is 0 Å². The minimum Gasteiger partial charge on any atom is -0.363 e. The lowest BCUT2D eigenvalue weighted by atomic mass is 10.1. The predicted molar refractivity (Wildman–Crippen MR) is 60.4 cm³/mol. The van der Waals surface area contributed by atoms with E-state index in [0.717, 1.165) is 11.9 Å². The molecular weight excluding hydrogens is 224 g/mol. The highest BCUT2D eigenvalue weighted by molar-refractivity contribution is 5.36. The molecule has 1 atom stereocenters. The van der Waals surface area contributed by atoms with E-state index in [9.17, 15) is 8.78 Å². The second-order valence-corrected chi connectivity index (χ2v) is 3.64. The minimum atomic E-state index is -0.589. The van der Waals surface area contributed by atoms with Crippen LogP contribution in [0.15, 0.2) is 36.7 Å². The number of rotatable bonds is 3. The quantitative estimate of drug-likeness (QED) is 0.831. The van der Waals surface area contributed by atoms with Crippen LogP contribution in [0, 0.1) is 11.8 Å². The average Bonchev–Trinajstić information content (AvgIpc) is 2.29. The molecule has 2 rings (SSSR count). The molecule has 0 aliphatic rings. The molecule has 0 saturated heterocycles. The van der Waals surface area contributed by atoms with Gasteiger partial charge in [-0.05, 0) is 24.6 Å². The van der Waals surface area contributed by atoms with Crippen molar-refractivity contribution >= 4 is 5.82 Å². The molecule has 0 aliphatic heterocycles. The smallest absolute Gasteiger partial charge is 0.217 e. The van der Waals surface area contributed by atoms with Gasteiger partial charge < -0.3 is 5.32 Å². The van der Waals surface area contributed by atoms with Crippen LogP contribution in [-0.2, 0) is 0 Å². The van der Waals surface area contributed by atoms with Crippen molar-refractivity contribution in [3.63, 3.8) is 0 Å². The van der Waals surface area contributed by atoms with Crippen LogP contribution in [0.25, 0.3) is 0 Å². The monoisotopic (exact) mass is 235 g/mol. The summed E-state index contributed by atoms with van der Waals surface area (Å²) in [6.07, 6.45) is 1.15. The molecule has 5 heteroatoms. The number of nitrogens with zero attached hydrogens (tertiary/aromatic N) is 2. The maximum absolute atomic E-state index is 12.8. The van der Waals surface area contributed by atoms with Crippen molar-refractivity contribution in [1.82, 2.24) is 9.97 Å². The first-order chi connectivity index (χ1) is 8.15. The molecule has 1 aromatic carbocycles. The van der Waals surface area contributed by atoms with Crippen LogP contribution in [0.4, 0.5) is 14.6 Å². The van der Waals surface area contributed by atoms with Crippen LogP contribution in [0.5, 0.6) is 0 Å². The van der Waals surface area contributed by atoms with Crippen LogP contribution < -0.4 is 5.32 Å². The molecule has 0 aliphatic carbocycles. The van der Waals surface area contributed by atoms with Gasteiger partial charge in [0.1, 0.15) is 18.0 Å². The van der Waals surface area contributed by atoms with Gasteiger partial charge in [0.15, 0.2) is 0 Å². The molecule has 2 aromatic rings. The Balaban J connectivity index is 2.11. The Morgan fingerprint density at radius 3 is 2.47 bits per heavy atom. The maximum atomic E-state index is 12.8. The fraction of sp³-hybridized carbons (Fsp3) is 0.167. The van der Waals surface area contributed by atoms with Gasteiger partial charge in [-0.3, -0.25) is 0 Å². The third kappa shape index (κ3) is 2.96. The third-order valence-electron chi connectivity index (χ3n) is 2.37. The summed E-state index contributed by atoms with van der Waals surface area (Å²) in [5, 5.41) is 3.00. The van der Waals surface area contributed by atoms with Crippen molar-refractivity contribution in [2.75, 3.05) is 5.32 Å². The lowest BCUT2D eigenvalue weighted by Gasteiger charge is -2.14. The standard InChI is InChI=1S/C12H11F2N3/c1-8(9-2-4-10(13)5-3-9)17-12-6-11(14)15-7-16-12/h2-8H,1H3,(H,15,16,17). The Kier molecular flexibility index (Phi) is 3.27. The number of aromatic nitrogens is 2. The molecular formula is C12H11F2N3. The van der Waals surface area contributed by atoms with E-state index in [2.05, 4.69) is 15.3 Å². The summed E-state index contributed by atoms with van der Waals surface area (Å²) in [4.78, 5) is 7.25. The Morgan fingerprint density at radius 1 is 1.12 bits per heavy atom. The van der Waals surface area contributed by atoms with Gasteiger partial charge in [-0.25, -0.2) is 14.4 Å². The Labute approximate surface area is 97.5 Å². The zero-order valence-corrected chi connectivity index (χ0v) is 9.19. The summed E-state index contributed by atoms with van der Waals surface area (Å²) in [6, 6.07) is 7.22. The van der Waals surface area contributed by atoms with Crippen molar-refractivity contribution in [2.24, 2.45) is 0 Å². The zero-order valence-electron chi connectivity index (χ0n) is 9.19. The van der Waals surface area contributed by atoms with Gasteiger partial charge in [0.2, 0.25) is 5.95 Å². The Bertz CT molecular complexity index is 499. The van der Waals surface area contributed by atoms with Gasteiger partial charge in [-0.1, -0.05) is 12.1 Å².